The van der Waals surface area contributed by atoms with Crippen molar-refractivity contribution in [2.24, 2.45) is 0 Å². The second-order valence-electron chi connectivity index (χ2n) is 3.94. The Morgan fingerprint density at radius 3 is 2.28 bits per heavy atom. The third-order valence-electron chi connectivity index (χ3n) is 2.62. The van der Waals surface area contributed by atoms with E-state index < -0.39 is 0 Å². The number of hydrogen-bond donors (Lipinski definition) is 1. The molecule has 2 aromatic rings. The van der Waals surface area contributed by atoms with Gasteiger partial charge in [-0.25, -0.2) is 0 Å². The zero-order valence-electron chi connectivity index (χ0n) is 10.4. The van der Waals surface area contributed by atoms with Gasteiger partial charge in [0, 0.05) is 6.54 Å². The van der Waals surface area contributed by atoms with Crippen molar-refractivity contribution < 1.29 is 9.57 Å². The molecule has 2 rings (SSSR count). The fourth-order valence-corrected chi connectivity index (χ4v) is 1.59. The normalized spacial score (nSPS) is 10.3. The standard InChI is InChI=1S/C15H17NO2/c1-17-15-9-7-14(8-10-15)12-18-16-11-13-5-3-2-4-6-13/h2-10,16H,11-12H2,1H3. The number of rotatable bonds is 6. The molecule has 0 radical (unpaired) electrons. The van der Waals surface area contributed by atoms with Crippen molar-refractivity contribution in [1.29, 1.82) is 0 Å². The van der Waals surface area contributed by atoms with Crippen LogP contribution >= 0.6 is 0 Å². The van der Waals surface area contributed by atoms with E-state index in [4.69, 9.17) is 9.57 Å². The topological polar surface area (TPSA) is 30.5 Å². The molecule has 18 heavy (non-hydrogen) atoms. The number of methoxy groups -OCH3 is 1. The molecule has 0 unspecified atom stereocenters. The first-order chi connectivity index (χ1) is 8.88. The van der Waals surface area contributed by atoms with Crippen LogP contribution in [0.4, 0.5) is 0 Å². The van der Waals surface area contributed by atoms with Crippen molar-refractivity contribution in [3.05, 3.63) is 65.7 Å². The number of hydrogen-bond acceptors (Lipinski definition) is 3. The lowest BCUT2D eigenvalue weighted by Crippen LogP contribution is -2.13. The van der Waals surface area contributed by atoms with Crippen molar-refractivity contribution in [1.82, 2.24) is 5.48 Å². The summed E-state index contributed by atoms with van der Waals surface area (Å²) in [6, 6.07) is 18.0. The molecule has 3 heteroatoms. The molecule has 3 nitrogen and oxygen atoms in total. The summed E-state index contributed by atoms with van der Waals surface area (Å²) in [5.41, 5.74) is 5.26. The van der Waals surface area contributed by atoms with E-state index in [2.05, 4.69) is 17.6 Å². The maximum Gasteiger partial charge on any atom is 0.118 e. The van der Waals surface area contributed by atoms with Crippen LogP contribution in [0.15, 0.2) is 54.6 Å². The van der Waals surface area contributed by atoms with E-state index in [1.54, 1.807) is 7.11 Å². The summed E-state index contributed by atoms with van der Waals surface area (Å²) in [5, 5.41) is 0. The van der Waals surface area contributed by atoms with Crippen LogP contribution < -0.4 is 10.2 Å². The van der Waals surface area contributed by atoms with Crippen molar-refractivity contribution in [3.8, 4) is 5.75 Å². The van der Waals surface area contributed by atoms with Gasteiger partial charge in [-0.15, -0.1) is 0 Å². The predicted molar refractivity (Wildman–Crippen MR) is 71.1 cm³/mol. The second-order valence-corrected chi connectivity index (χ2v) is 3.94. The van der Waals surface area contributed by atoms with Crippen LogP contribution in [0.1, 0.15) is 11.1 Å². The van der Waals surface area contributed by atoms with Crippen molar-refractivity contribution >= 4 is 0 Å². The SMILES string of the molecule is COc1ccc(CONCc2ccccc2)cc1. The van der Waals surface area contributed by atoms with Crippen LogP contribution in [0.3, 0.4) is 0 Å². The molecule has 0 fully saturated rings. The Morgan fingerprint density at radius 1 is 0.889 bits per heavy atom. The van der Waals surface area contributed by atoms with Crippen LogP contribution in [-0.4, -0.2) is 7.11 Å². The molecule has 0 bridgehead atoms. The lowest BCUT2D eigenvalue weighted by atomic mass is 10.2. The van der Waals surface area contributed by atoms with Crippen molar-refractivity contribution in [2.75, 3.05) is 7.11 Å². The number of hydroxylamine groups is 1. The highest BCUT2D eigenvalue weighted by molar-refractivity contribution is 5.26. The fourth-order valence-electron chi connectivity index (χ4n) is 1.59. The summed E-state index contributed by atoms with van der Waals surface area (Å²) in [5.74, 6) is 0.857. The number of benzene rings is 2. The highest BCUT2D eigenvalue weighted by atomic mass is 16.6. The van der Waals surface area contributed by atoms with E-state index in [1.807, 2.05) is 42.5 Å². The van der Waals surface area contributed by atoms with Crippen LogP contribution in [0.2, 0.25) is 0 Å². The zero-order chi connectivity index (χ0) is 12.6. The molecule has 0 spiro atoms. The molecule has 0 aliphatic carbocycles. The van der Waals surface area contributed by atoms with Gasteiger partial charge in [0.05, 0.1) is 13.7 Å². The molecule has 1 N–H and O–H groups in total. The van der Waals surface area contributed by atoms with Crippen LogP contribution in [0.25, 0.3) is 0 Å². The minimum absolute atomic E-state index is 0.539. The lowest BCUT2D eigenvalue weighted by molar-refractivity contribution is 0.0235. The molecule has 0 aliphatic heterocycles. The summed E-state index contributed by atoms with van der Waals surface area (Å²) in [6.07, 6.45) is 0. The average molecular weight is 243 g/mol. The molecular formula is C15H17NO2. The molecule has 0 aliphatic rings. The first-order valence-electron chi connectivity index (χ1n) is 5.90. The Morgan fingerprint density at radius 2 is 1.61 bits per heavy atom. The third-order valence-corrected chi connectivity index (χ3v) is 2.62. The van der Waals surface area contributed by atoms with E-state index in [0.29, 0.717) is 13.2 Å². The van der Waals surface area contributed by atoms with Gasteiger partial charge in [0.1, 0.15) is 5.75 Å². The smallest absolute Gasteiger partial charge is 0.118 e. The van der Waals surface area contributed by atoms with Gasteiger partial charge in [-0.05, 0) is 23.3 Å². The Kier molecular flexibility index (Phi) is 4.76. The van der Waals surface area contributed by atoms with Gasteiger partial charge in [-0.3, -0.25) is 4.84 Å². The maximum absolute atomic E-state index is 5.41. The highest BCUT2D eigenvalue weighted by Gasteiger charge is 1.95. The molecule has 0 saturated heterocycles. The monoisotopic (exact) mass is 243 g/mol. The summed E-state index contributed by atoms with van der Waals surface area (Å²) in [4.78, 5) is 5.41. The molecule has 0 heterocycles. The van der Waals surface area contributed by atoms with E-state index in [1.165, 1.54) is 5.56 Å². The molecule has 0 aromatic heterocycles. The Balaban J connectivity index is 1.72. The first-order valence-corrected chi connectivity index (χ1v) is 5.90. The van der Waals surface area contributed by atoms with Crippen LogP contribution in [-0.2, 0) is 18.0 Å². The van der Waals surface area contributed by atoms with E-state index in [0.717, 1.165) is 11.3 Å². The molecule has 0 saturated carbocycles. The van der Waals surface area contributed by atoms with E-state index >= 15 is 0 Å². The molecule has 94 valence electrons. The second kappa shape index (κ2) is 6.79. The lowest BCUT2D eigenvalue weighted by Gasteiger charge is -2.06. The molecular weight excluding hydrogens is 226 g/mol. The van der Waals surface area contributed by atoms with Crippen LogP contribution in [0, 0.1) is 0 Å². The third kappa shape index (κ3) is 3.87. The van der Waals surface area contributed by atoms with Crippen molar-refractivity contribution in [2.45, 2.75) is 13.2 Å². The van der Waals surface area contributed by atoms with Gasteiger partial charge in [0.2, 0.25) is 0 Å². The molecule has 0 atom stereocenters. The fraction of sp³-hybridized carbons (Fsp3) is 0.200. The summed E-state index contributed by atoms with van der Waals surface area (Å²) in [6.45, 7) is 1.24. The summed E-state index contributed by atoms with van der Waals surface area (Å²) < 4.78 is 5.10. The van der Waals surface area contributed by atoms with E-state index in [-0.39, 0.29) is 0 Å². The highest BCUT2D eigenvalue weighted by Crippen LogP contribution is 2.11. The summed E-state index contributed by atoms with van der Waals surface area (Å²) in [7, 11) is 1.66. The average Bonchev–Trinajstić information content (AvgIpc) is 2.45. The van der Waals surface area contributed by atoms with Gasteiger partial charge in [-0.2, -0.15) is 5.48 Å². The first kappa shape index (κ1) is 12.6. The quantitative estimate of drug-likeness (QED) is 0.625. The molecule has 2 aromatic carbocycles. The van der Waals surface area contributed by atoms with Crippen molar-refractivity contribution in [3.63, 3.8) is 0 Å². The Labute approximate surface area is 107 Å². The van der Waals surface area contributed by atoms with Gasteiger partial charge in [-0.1, -0.05) is 42.5 Å². The van der Waals surface area contributed by atoms with Gasteiger partial charge in [0.15, 0.2) is 0 Å². The minimum atomic E-state index is 0.539. The zero-order valence-corrected chi connectivity index (χ0v) is 10.4. The largest absolute Gasteiger partial charge is 0.497 e. The number of nitrogens with one attached hydrogen (secondary N) is 1. The van der Waals surface area contributed by atoms with Gasteiger partial charge >= 0.3 is 0 Å². The Bertz CT molecular complexity index is 454. The minimum Gasteiger partial charge on any atom is -0.497 e. The van der Waals surface area contributed by atoms with Crippen LogP contribution in [0.5, 0.6) is 5.75 Å². The predicted octanol–water partition coefficient (Wildman–Crippen LogP) is 2.92. The summed E-state index contributed by atoms with van der Waals surface area (Å²) >= 11 is 0. The number of ether oxygens (including phenoxy) is 1. The van der Waals surface area contributed by atoms with Gasteiger partial charge in [0.25, 0.3) is 0 Å². The molecule has 0 amide bonds. The Hall–Kier alpha value is -1.84. The van der Waals surface area contributed by atoms with E-state index in [9.17, 15) is 0 Å². The maximum atomic E-state index is 5.41. The van der Waals surface area contributed by atoms with Gasteiger partial charge < -0.3 is 4.74 Å².